The lowest BCUT2D eigenvalue weighted by Gasteiger charge is -2.14. The largest absolute Gasteiger partial charge is 0.359 e. The smallest absolute Gasteiger partial charge is 0.161 e. The topological polar surface area (TPSA) is 29.1 Å². The van der Waals surface area contributed by atoms with Gasteiger partial charge in [0.15, 0.2) is 5.78 Å². The molecule has 0 radical (unpaired) electrons. The van der Waals surface area contributed by atoms with Crippen molar-refractivity contribution in [2.24, 2.45) is 17.3 Å². The molecule has 2 saturated carbocycles. The Hall–Kier alpha value is -1.28. The summed E-state index contributed by atoms with van der Waals surface area (Å²) in [7, 11) is 0. The van der Waals surface area contributed by atoms with Crippen molar-refractivity contribution in [2.75, 3.05) is 5.32 Å². The van der Waals surface area contributed by atoms with Crippen LogP contribution in [0.3, 0.4) is 0 Å². The second-order valence-corrected chi connectivity index (χ2v) is 6.64. The van der Waals surface area contributed by atoms with E-state index in [-0.39, 0.29) is 0 Å². The van der Waals surface area contributed by atoms with Gasteiger partial charge in [-0.25, -0.2) is 0 Å². The Bertz CT molecular complexity index is 588. The third-order valence-electron chi connectivity index (χ3n) is 4.63. The van der Waals surface area contributed by atoms with E-state index in [1.54, 1.807) is 0 Å². The van der Waals surface area contributed by atoms with Gasteiger partial charge in [-0.05, 0) is 42.4 Å². The van der Waals surface area contributed by atoms with Crippen molar-refractivity contribution >= 4 is 23.1 Å². The molecule has 1 aromatic carbocycles. The number of carbonyl (C=O) groups is 1. The number of rotatable bonds is 2. The van der Waals surface area contributed by atoms with Crippen molar-refractivity contribution in [1.29, 1.82) is 0 Å². The Morgan fingerprint density at radius 2 is 2.16 bits per heavy atom. The lowest BCUT2D eigenvalue weighted by molar-refractivity contribution is -0.115. The minimum absolute atomic E-state index is 0.292. The summed E-state index contributed by atoms with van der Waals surface area (Å²) >= 11 is 5.98. The summed E-state index contributed by atoms with van der Waals surface area (Å²) < 4.78 is 0. The van der Waals surface area contributed by atoms with Crippen LogP contribution in [0, 0.1) is 17.3 Å². The van der Waals surface area contributed by atoms with Crippen LogP contribution in [0.5, 0.6) is 0 Å². The first-order valence-electron chi connectivity index (χ1n) is 6.68. The van der Waals surface area contributed by atoms with E-state index in [0.717, 1.165) is 17.0 Å². The second kappa shape index (κ2) is 4.11. The highest BCUT2D eigenvalue weighted by atomic mass is 35.5. The zero-order valence-corrected chi connectivity index (χ0v) is 12.2. The third kappa shape index (κ3) is 1.99. The minimum atomic E-state index is 0.292. The Balaban J connectivity index is 1.88. The molecular weight excluding hydrogens is 258 g/mol. The fourth-order valence-corrected chi connectivity index (χ4v) is 3.66. The molecule has 2 atom stereocenters. The van der Waals surface area contributed by atoms with Crippen molar-refractivity contribution in [1.82, 2.24) is 0 Å². The lowest BCUT2D eigenvalue weighted by Crippen LogP contribution is -2.12. The molecule has 2 aliphatic carbocycles. The number of hydrogen-bond acceptors (Lipinski definition) is 2. The predicted octanol–water partition coefficient (Wildman–Crippen LogP) is 4.27. The fourth-order valence-electron chi connectivity index (χ4n) is 3.47. The Morgan fingerprint density at radius 3 is 2.79 bits per heavy atom. The van der Waals surface area contributed by atoms with Gasteiger partial charge >= 0.3 is 0 Å². The van der Waals surface area contributed by atoms with Gasteiger partial charge in [-0.2, -0.15) is 0 Å². The molecule has 2 aliphatic rings. The number of benzene rings is 1. The summed E-state index contributed by atoms with van der Waals surface area (Å²) in [6.07, 6.45) is 0.710. The monoisotopic (exact) mass is 275 g/mol. The Labute approximate surface area is 118 Å². The molecule has 0 aliphatic heterocycles. The molecule has 2 nitrogen and oxygen atoms in total. The normalized spacial score (nSPS) is 30.0. The zero-order valence-electron chi connectivity index (χ0n) is 11.5. The van der Waals surface area contributed by atoms with Crippen LogP contribution in [-0.2, 0) is 4.79 Å². The second-order valence-electron chi connectivity index (χ2n) is 6.21. The maximum absolute atomic E-state index is 12.1. The van der Waals surface area contributed by atoms with E-state index in [2.05, 4.69) is 19.2 Å². The van der Waals surface area contributed by atoms with E-state index in [9.17, 15) is 4.79 Å². The van der Waals surface area contributed by atoms with Crippen molar-refractivity contribution < 1.29 is 4.79 Å². The van der Waals surface area contributed by atoms with Crippen LogP contribution in [0.1, 0.15) is 27.2 Å². The number of Topliss-reactive ketones (excluding diaryl/α,β-unsaturated/α-hetero) is 1. The molecule has 0 aromatic heterocycles. The average molecular weight is 276 g/mol. The van der Waals surface area contributed by atoms with Crippen molar-refractivity contribution in [3.8, 4) is 0 Å². The first kappa shape index (κ1) is 12.7. The summed E-state index contributed by atoms with van der Waals surface area (Å²) in [5, 5.41) is 4.02. The molecule has 0 saturated heterocycles. The third-order valence-corrected chi connectivity index (χ3v) is 4.86. The fraction of sp³-hybridized carbons (Fsp3) is 0.438. The van der Waals surface area contributed by atoms with Gasteiger partial charge < -0.3 is 5.32 Å². The first-order chi connectivity index (χ1) is 8.91. The van der Waals surface area contributed by atoms with Crippen LogP contribution in [0.2, 0.25) is 5.02 Å². The van der Waals surface area contributed by atoms with E-state index in [0.29, 0.717) is 34.5 Å². The summed E-state index contributed by atoms with van der Waals surface area (Å²) in [6, 6.07) is 7.59. The molecule has 19 heavy (non-hydrogen) atoms. The van der Waals surface area contributed by atoms with Gasteiger partial charge in [0.25, 0.3) is 0 Å². The quantitative estimate of drug-likeness (QED) is 0.817. The highest BCUT2D eigenvalue weighted by Crippen LogP contribution is 2.68. The number of hydrogen-bond donors (Lipinski definition) is 1. The van der Waals surface area contributed by atoms with Gasteiger partial charge in [-0.15, -0.1) is 0 Å². The van der Waals surface area contributed by atoms with Gasteiger partial charge in [0, 0.05) is 28.4 Å². The summed E-state index contributed by atoms with van der Waals surface area (Å²) in [5.74, 6) is 1.29. The van der Waals surface area contributed by atoms with E-state index in [1.807, 2.05) is 31.2 Å². The summed E-state index contributed by atoms with van der Waals surface area (Å²) in [4.78, 5) is 12.1. The highest BCUT2D eigenvalue weighted by Gasteiger charge is 2.65. The molecule has 0 spiro atoms. The number of anilines is 1. The van der Waals surface area contributed by atoms with Gasteiger partial charge in [-0.1, -0.05) is 31.5 Å². The SMILES string of the molecule is CC(Nc1cccc(Cl)c1)=C1C(=O)C[C@@H]2[C@@H]1C2(C)C. The van der Waals surface area contributed by atoms with Crippen molar-refractivity contribution in [2.45, 2.75) is 27.2 Å². The first-order valence-corrected chi connectivity index (χ1v) is 7.05. The molecule has 0 amide bonds. The molecule has 1 aromatic rings. The maximum atomic E-state index is 12.1. The van der Waals surface area contributed by atoms with E-state index >= 15 is 0 Å². The number of halogens is 1. The van der Waals surface area contributed by atoms with E-state index in [1.165, 1.54) is 0 Å². The van der Waals surface area contributed by atoms with E-state index < -0.39 is 0 Å². The molecule has 0 heterocycles. The number of carbonyl (C=O) groups excluding carboxylic acids is 1. The van der Waals surface area contributed by atoms with Crippen LogP contribution < -0.4 is 5.32 Å². The number of nitrogens with one attached hydrogen (secondary N) is 1. The van der Waals surface area contributed by atoms with Gasteiger partial charge in [0.05, 0.1) is 0 Å². The van der Waals surface area contributed by atoms with Crippen LogP contribution >= 0.6 is 11.6 Å². The molecule has 100 valence electrons. The zero-order chi connectivity index (χ0) is 13.8. The molecule has 3 rings (SSSR count). The highest BCUT2D eigenvalue weighted by molar-refractivity contribution is 6.30. The summed E-state index contributed by atoms with van der Waals surface area (Å²) in [6.45, 7) is 6.49. The molecule has 1 N–H and O–H groups in total. The molecule has 3 heteroatoms. The Morgan fingerprint density at radius 1 is 1.42 bits per heavy atom. The number of ketones is 1. The predicted molar refractivity (Wildman–Crippen MR) is 78.2 cm³/mol. The molecule has 0 bridgehead atoms. The van der Waals surface area contributed by atoms with Gasteiger partial charge in [0.1, 0.15) is 0 Å². The number of fused-ring (bicyclic) bond motifs is 1. The van der Waals surface area contributed by atoms with Crippen LogP contribution in [0.15, 0.2) is 35.5 Å². The molecular formula is C16H18ClNO. The average Bonchev–Trinajstić information content (AvgIpc) is 2.70. The molecule has 0 unspecified atom stereocenters. The molecule has 2 fully saturated rings. The standard InChI is InChI=1S/C16H18ClNO/c1-9(18-11-6-4-5-10(17)7-11)14-13(19)8-12-15(14)16(12,2)3/h4-7,12,15,18H,8H2,1-3H3/t12-,15+/m1/s1. The van der Waals surface area contributed by atoms with Crippen molar-refractivity contribution in [3.63, 3.8) is 0 Å². The summed E-state index contributed by atoms with van der Waals surface area (Å²) in [5.41, 5.74) is 3.20. The van der Waals surface area contributed by atoms with Crippen LogP contribution in [0.25, 0.3) is 0 Å². The Kier molecular flexibility index (Phi) is 2.75. The minimum Gasteiger partial charge on any atom is -0.359 e. The maximum Gasteiger partial charge on any atom is 0.161 e. The van der Waals surface area contributed by atoms with Crippen LogP contribution in [-0.4, -0.2) is 5.78 Å². The van der Waals surface area contributed by atoms with Gasteiger partial charge in [0.2, 0.25) is 0 Å². The van der Waals surface area contributed by atoms with Crippen molar-refractivity contribution in [3.05, 3.63) is 40.6 Å². The van der Waals surface area contributed by atoms with E-state index in [4.69, 9.17) is 11.6 Å². The lowest BCUT2D eigenvalue weighted by atomic mass is 9.95. The van der Waals surface area contributed by atoms with Crippen LogP contribution in [0.4, 0.5) is 5.69 Å². The van der Waals surface area contributed by atoms with Gasteiger partial charge in [-0.3, -0.25) is 4.79 Å². The number of allylic oxidation sites excluding steroid dienone is 2.